The van der Waals surface area contributed by atoms with E-state index in [9.17, 15) is 4.79 Å². The van der Waals surface area contributed by atoms with E-state index in [1.54, 1.807) is 0 Å². The van der Waals surface area contributed by atoms with Crippen molar-refractivity contribution < 1.29 is 4.79 Å². The van der Waals surface area contributed by atoms with E-state index in [-0.39, 0.29) is 11.8 Å². The summed E-state index contributed by atoms with van der Waals surface area (Å²) in [7, 11) is 2.12. The maximum atomic E-state index is 12.7. The lowest BCUT2D eigenvalue weighted by Gasteiger charge is -2.35. The zero-order chi connectivity index (χ0) is 15.8. The number of hydrogen-bond donors (Lipinski definition) is 0. The fourth-order valence-corrected chi connectivity index (χ4v) is 3.98. The van der Waals surface area contributed by atoms with Gasteiger partial charge in [0.05, 0.1) is 0 Å². The maximum Gasteiger partial charge on any atom is 0.139 e. The Kier molecular flexibility index (Phi) is 3.62. The first kappa shape index (κ1) is 14.4. The van der Waals surface area contributed by atoms with Crippen LogP contribution in [-0.4, -0.2) is 30.8 Å². The third-order valence-corrected chi connectivity index (χ3v) is 5.17. The Bertz CT molecular complexity index is 727. The van der Waals surface area contributed by atoms with Crippen molar-refractivity contribution in [3.05, 3.63) is 70.8 Å². The number of nitrogens with zero attached hydrogens (tertiary/aromatic N) is 1. The van der Waals surface area contributed by atoms with Gasteiger partial charge in [0.1, 0.15) is 5.78 Å². The molecule has 1 heterocycles. The maximum absolute atomic E-state index is 12.7. The van der Waals surface area contributed by atoms with Crippen LogP contribution >= 0.6 is 0 Å². The molecule has 1 fully saturated rings. The zero-order valence-corrected chi connectivity index (χ0v) is 13.4. The third-order valence-electron chi connectivity index (χ3n) is 5.17. The molecule has 1 aliphatic carbocycles. The van der Waals surface area contributed by atoms with E-state index in [2.05, 4.69) is 72.6 Å². The Balaban J connectivity index is 1.90. The van der Waals surface area contributed by atoms with Gasteiger partial charge in [-0.3, -0.25) is 4.79 Å². The van der Waals surface area contributed by atoms with E-state index in [0.29, 0.717) is 12.2 Å². The number of Topliss-reactive ketones (excluding diaryl/α,β-unsaturated/α-hetero) is 1. The molecule has 0 aromatic heterocycles. The minimum absolute atomic E-state index is 0.0379. The van der Waals surface area contributed by atoms with Crippen LogP contribution in [0.2, 0.25) is 0 Å². The summed E-state index contributed by atoms with van der Waals surface area (Å²) in [5, 5.41) is 0. The van der Waals surface area contributed by atoms with Gasteiger partial charge in [-0.2, -0.15) is 0 Å². The highest BCUT2D eigenvalue weighted by Gasteiger charge is 2.36. The molecule has 2 heteroatoms. The number of rotatable bonds is 1. The fourth-order valence-electron chi connectivity index (χ4n) is 3.98. The highest BCUT2D eigenvalue weighted by molar-refractivity contribution is 5.86. The molecule has 0 bridgehead atoms. The molecule has 2 aromatic carbocycles. The van der Waals surface area contributed by atoms with Gasteiger partial charge in [0.2, 0.25) is 0 Å². The quantitative estimate of drug-likeness (QED) is 0.798. The van der Waals surface area contributed by atoms with Gasteiger partial charge in [0, 0.05) is 31.3 Å². The van der Waals surface area contributed by atoms with Gasteiger partial charge in [-0.15, -0.1) is 0 Å². The highest BCUT2D eigenvalue weighted by Crippen LogP contribution is 2.41. The van der Waals surface area contributed by atoms with Gasteiger partial charge in [-0.1, -0.05) is 60.7 Å². The number of carbonyl (C=O) groups excluding carboxylic acids is 1. The van der Waals surface area contributed by atoms with Crippen molar-refractivity contribution in [1.82, 2.24) is 4.90 Å². The number of benzene rings is 2. The molecule has 0 saturated carbocycles. The Morgan fingerprint density at radius 1 is 0.913 bits per heavy atom. The SMILES string of the molecule is CN1CCC(=O)C(C2c3ccccc3C=Cc3ccccc32)C1. The molecule has 1 aliphatic heterocycles. The Labute approximate surface area is 137 Å². The molecule has 0 radical (unpaired) electrons. The number of hydrogen-bond acceptors (Lipinski definition) is 2. The number of carbonyl (C=O) groups is 1. The molecule has 1 atom stereocenters. The first-order valence-corrected chi connectivity index (χ1v) is 8.31. The second kappa shape index (κ2) is 5.78. The Morgan fingerprint density at radius 2 is 1.48 bits per heavy atom. The minimum Gasteiger partial charge on any atom is -0.305 e. The van der Waals surface area contributed by atoms with Gasteiger partial charge in [0.25, 0.3) is 0 Å². The molecule has 0 spiro atoms. The summed E-state index contributed by atoms with van der Waals surface area (Å²) in [6, 6.07) is 17.0. The standard InChI is InChI=1S/C21H21NO/c1-22-13-12-20(23)19(14-22)21-17-8-4-2-6-15(17)10-11-16-7-3-5-9-18(16)21/h2-11,19,21H,12-14H2,1H3. The second-order valence-electron chi connectivity index (χ2n) is 6.65. The van der Waals surface area contributed by atoms with Gasteiger partial charge in [0.15, 0.2) is 0 Å². The van der Waals surface area contributed by atoms with Crippen LogP contribution in [0.15, 0.2) is 48.5 Å². The van der Waals surface area contributed by atoms with E-state index in [0.717, 1.165) is 13.1 Å². The molecule has 2 aliphatic rings. The van der Waals surface area contributed by atoms with E-state index in [4.69, 9.17) is 0 Å². The van der Waals surface area contributed by atoms with Crippen LogP contribution in [0.5, 0.6) is 0 Å². The van der Waals surface area contributed by atoms with E-state index < -0.39 is 0 Å². The minimum atomic E-state index is 0.0379. The normalized spacial score (nSPS) is 21.6. The van der Waals surface area contributed by atoms with Crippen molar-refractivity contribution in [3.8, 4) is 0 Å². The molecule has 1 saturated heterocycles. The first-order chi connectivity index (χ1) is 11.2. The van der Waals surface area contributed by atoms with Crippen molar-refractivity contribution >= 4 is 17.9 Å². The molecule has 23 heavy (non-hydrogen) atoms. The van der Waals surface area contributed by atoms with Crippen LogP contribution in [0.3, 0.4) is 0 Å². The van der Waals surface area contributed by atoms with Gasteiger partial charge in [-0.25, -0.2) is 0 Å². The largest absolute Gasteiger partial charge is 0.305 e. The second-order valence-corrected chi connectivity index (χ2v) is 6.65. The van der Waals surface area contributed by atoms with Gasteiger partial charge < -0.3 is 4.90 Å². The predicted octanol–water partition coefficient (Wildman–Crippen LogP) is 3.82. The summed E-state index contributed by atoms with van der Waals surface area (Å²) >= 11 is 0. The average molecular weight is 303 g/mol. The smallest absolute Gasteiger partial charge is 0.139 e. The van der Waals surface area contributed by atoms with Crippen LogP contribution in [0.25, 0.3) is 12.2 Å². The summed E-state index contributed by atoms with van der Waals surface area (Å²) in [6.45, 7) is 1.72. The lowest BCUT2D eigenvalue weighted by molar-refractivity contribution is -0.126. The molecule has 0 N–H and O–H groups in total. The molecular formula is C21H21NO. The summed E-state index contributed by atoms with van der Waals surface area (Å²) in [6.07, 6.45) is 5.03. The van der Waals surface area contributed by atoms with Crippen LogP contribution < -0.4 is 0 Å². The average Bonchev–Trinajstić information content (AvgIpc) is 2.74. The summed E-state index contributed by atoms with van der Waals surface area (Å²) in [5.74, 6) is 0.586. The first-order valence-electron chi connectivity index (χ1n) is 8.31. The van der Waals surface area contributed by atoms with Crippen LogP contribution in [0.1, 0.15) is 34.6 Å². The van der Waals surface area contributed by atoms with E-state index >= 15 is 0 Å². The Morgan fingerprint density at radius 3 is 2.09 bits per heavy atom. The summed E-state index contributed by atoms with van der Waals surface area (Å²) < 4.78 is 0. The number of fused-ring (bicyclic) bond motifs is 2. The van der Waals surface area contributed by atoms with Crippen LogP contribution in [0.4, 0.5) is 0 Å². The highest BCUT2D eigenvalue weighted by atomic mass is 16.1. The lowest BCUT2D eigenvalue weighted by atomic mass is 9.74. The van der Waals surface area contributed by atoms with Crippen LogP contribution in [-0.2, 0) is 4.79 Å². The number of likely N-dealkylation sites (tertiary alicyclic amines) is 1. The van der Waals surface area contributed by atoms with E-state index in [1.165, 1.54) is 22.3 Å². The van der Waals surface area contributed by atoms with Gasteiger partial charge in [-0.05, 0) is 29.3 Å². The summed E-state index contributed by atoms with van der Waals surface area (Å²) in [4.78, 5) is 15.0. The van der Waals surface area contributed by atoms with Crippen molar-refractivity contribution in [3.63, 3.8) is 0 Å². The summed E-state index contributed by atoms with van der Waals surface area (Å²) in [5.41, 5.74) is 5.02. The topological polar surface area (TPSA) is 20.3 Å². The molecular weight excluding hydrogens is 282 g/mol. The zero-order valence-electron chi connectivity index (χ0n) is 13.4. The monoisotopic (exact) mass is 303 g/mol. The van der Waals surface area contributed by atoms with Crippen molar-refractivity contribution in [2.45, 2.75) is 12.3 Å². The third kappa shape index (κ3) is 2.53. The predicted molar refractivity (Wildman–Crippen MR) is 94.3 cm³/mol. The molecule has 0 amide bonds. The Hall–Kier alpha value is -2.19. The van der Waals surface area contributed by atoms with Crippen molar-refractivity contribution in [2.24, 2.45) is 5.92 Å². The van der Waals surface area contributed by atoms with Crippen molar-refractivity contribution in [2.75, 3.05) is 20.1 Å². The van der Waals surface area contributed by atoms with E-state index in [1.807, 2.05) is 0 Å². The molecule has 116 valence electrons. The lowest BCUT2D eigenvalue weighted by Crippen LogP contribution is -2.41. The number of ketones is 1. The molecule has 2 nitrogen and oxygen atoms in total. The van der Waals surface area contributed by atoms with Crippen molar-refractivity contribution in [1.29, 1.82) is 0 Å². The molecule has 1 unspecified atom stereocenters. The van der Waals surface area contributed by atoms with Crippen LogP contribution in [0, 0.1) is 5.92 Å². The molecule has 2 aromatic rings. The fraction of sp³-hybridized carbons (Fsp3) is 0.286. The van der Waals surface area contributed by atoms with Gasteiger partial charge >= 0.3 is 0 Å². The number of piperidine rings is 1. The molecule has 4 rings (SSSR count).